The Bertz CT molecular complexity index is 538. The molecule has 0 fully saturated rings. The molecule has 0 bridgehead atoms. The van der Waals surface area contributed by atoms with Gasteiger partial charge < -0.3 is 19.7 Å². The smallest absolute Gasteiger partial charge is 0.330 e. The van der Waals surface area contributed by atoms with E-state index in [1.807, 2.05) is 0 Å². The number of cyclic esters (lactones) is 1. The number of rotatable bonds is 4. The number of benzene rings is 1. The molecule has 0 unspecified atom stereocenters. The van der Waals surface area contributed by atoms with Crippen molar-refractivity contribution in [3.8, 4) is 0 Å². The van der Waals surface area contributed by atoms with Gasteiger partial charge in [0.15, 0.2) is 12.2 Å². The molecule has 6 heteroatoms. The van der Waals surface area contributed by atoms with Crippen LogP contribution in [0.1, 0.15) is 18.6 Å². The highest BCUT2D eigenvalue weighted by molar-refractivity contribution is 5.83. The first kappa shape index (κ1) is 15.2. The number of carbonyl (C=O) groups excluding carboxylic acids is 2. The molecule has 1 aliphatic rings. The van der Waals surface area contributed by atoms with E-state index in [4.69, 9.17) is 9.47 Å². The van der Waals surface area contributed by atoms with Gasteiger partial charge in [-0.3, -0.25) is 4.79 Å². The third-order valence-electron chi connectivity index (χ3n) is 3.09. The van der Waals surface area contributed by atoms with Gasteiger partial charge in [0.25, 0.3) is 0 Å². The molecule has 4 atom stereocenters. The van der Waals surface area contributed by atoms with Crippen LogP contribution >= 0.6 is 0 Å². The molecule has 0 aromatic heterocycles. The minimum atomic E-state index is -1.39. The molecular weight excluding hydrogens is 276 g/mol. The molecule has 0 aliphatic carbocycles. The average Bonchev–Trinajstić information content (AvgIpc) is 2.47. The number of hydrogen-bond donors (Lipinski definition) is 2. The minimum Gasteiger partial charge on any atom is -0.455 e. The van der Waals surface area contributed by atoms with E-state index < -0.39 is 36.4 Å². The maximum Gasteiger partial charge on any atom is 0.330 e. The van der Waals surface area contributed by atoms with Crippen LogP contribution in [0.5, 0.6) is 0 Å². The van der Waals surface area contributed by atoms with Crippen LogP contribution in [0.2, 0.25) is 0 Å². The van der Waals surface area contributed by atoms with E-state index in [-0.39, 0.29) is 0 Å². The standard InChI is InChI=1S/C15H16O6/c1-9(16)20-14(10-5-3-2-4-6-10)13(19)15-11(17)7-8-12(18)21-15/h2-8,11,13-15,17,19H,1H3/t11-,13+,14+,15+/m0/s1. The molecule has 112 valence electrons. The molecule has 0 radical (unpaired) electrons. The molecule has 1 aromatic carbocycles. The van der Waals surface area contributed by atoms with Crippen molar-refractivity contribution in [3.05, 3.63) is 48.0 Å². The Labute approximate surface area is 121 Å². The summed E-state index contributed by atoms with van der Waals surface area (Å²) in [5.41, 5.74) is 0.540. The van der Waals surface area contributed by atoms with Crippen molar-refractivity contribution in [2.75, 3.05) is 0 Å². The molecule has 1 heterocycles. The number of ether oxygens (including phenoxy) is 2. The minimum absolute atomic E-state index is 0.540. The van der Waals surface area contributed by atoms with Gasteiger partial charge in [-0.2, -0.15) is 0 Å². The summed E-state index contributed by atoms with van der Waals surface area (Å²) >= 11 is 0. The number of hydrogen-bond acceptors (Lipinski definition) is 6. The molecule has 0 saturated carbocycles. The van der Waals surface area contributed by atoms with Gasteiger partial charge in [0.05, 0.1) is 0 Å². The van der Waals surface area contributed by atoms with Crippen molar-refractivity contribution in [3.63, 3.8) is 0 Å². The van der Waals surface area contributed by atoms with Crippen LogP contribution in [-0.4, -0.2) is 40.5 Å². The molecule has 1 aromatic rings. The van der Waals surface area contributed by atoms with E-state index in [9.17, 15) is 19.8 Å². The summed E-state index contributed by atoms with van der Waals surface area (Å²) in [6.45, 7) is 1.21. The van der Waals surface area contributed by atoms with Gasteiger partial charge in [-0.15, -0.1) is 0 Å². The van der Waals surface area contributed by atoms with Crippen molar-refractivity contribution in [1.29, 1.82) is 0 Å². The number of esters is 2. The fraction of sp³-hybridized carbons (Fsp3) is 0.333. The Balaban J connectivity index is 2.26. The molecule has 0 amide bonds. The second kappa shape index (κ2) is 6.51. The SMILES string of the molecule is CC(=O)O[C@H](c1ccccc1)[C@@H](O)[C@@H]1OC(=O)C=C[C@@H]1O. The summed E-state index contributed by atoms with van der Waals surface area (Å²) in [5, 5.41) is 20.2. The Morgan fingerprint density at radius 2 is 2.00 bits per heavy atom. The van der Waals surface area contributed by atoms with E-state index in [0.29, 0.717) is 5.56 Å². The zero-order chi connectivity index (χ0) is 15.4. The second-order valence-electron chi connectivity index (χ2n) is 4.68. The van der Waals surface area contributed by atoms with Crippen LogP contribution < -0.4 is 0 Å². The van der Waals surface area contributed by atoms with Crippen molar-refractivity contribution in [2.45, 2.75) is 31.3 Å². The van der Waals surface area contributed by atoms with Crippen molar-refractivity contribution in [1.82, 2.24) is 0 Å². The van der Waals surface area contributed by atoms with Crippen LogP contribution in [0.4, 0.5) is 0 Å². The predicted octanol–water partition coefficient (Wildman–Crippen LogP) is 0.494. The van der Waals surface area contributed by atoms with Crippen LogP contribution in [0.15, 0.2) is 42.5 Å². The second-order valence-corrected chi connectivity index (χ2v) is 4.68. The van der Waals surface area contributed by atoms with Crippen LogP contribution in [-0.2, 0) is 19.1 Å². The van der Waals surface area contributed by atoms with Gasteiger partial charge in [0.1, 0.15) is 12.2 Å². The summed E-state index contributed by atoms with van der Waals surface area (Å²) in [5.74, 6) is -1.26. The quantitative estimate of drug-likeness (QED) is 0.785. The van der Waals surface area contributed by atoms with Crippen molar-refractivity contribution in [2.24, 2.45) is 0 Å². The van der Waals surface area contributed by atoms with Crippen LogP contribution in [0.25, 0.3) is 0 Å². The summed E-state index contributed by atoms with van der Waals surface area (Å²) in [7, 11) is 0. The van der Waals surface area contributed by atoms with Gasteiger partial charge in [-0.05, 0) is 11.6 Å². The summed E-state index contributed by atoms with van der Waals surface area (Å²) in [6, 6.07) is 8.57. The first-order valence-electron chi connectivity index (χ1n) is 6.46. The Kier molecular flexibility index (Phi) is 4.72. The van der Waals surface area contributed by atoms with Crippen molar-refractivity contribution < 1.29 is 29.3 Å². The Hall–Kier alpha value is -2.18. The molecule has 2 rings (SSSR count). The predicted molar refractivity (Wildman–Crippen MR) is 72.0 cm³/mol. The third-order valence-corrected chi connectivity index (χ3v) is 3.09. The summed E-state index contributed by atoms with van der Waals surface area (Å²) < 4.78 is 10.0. The molecular formula is C15H16O6. The zero-order valence-electron chi connectivity index (χ0n) is 11.4. The average molecular weight is 292 g/mol. The van der Waals surface area contributed by atoms with Crippen LogP contribution in [0.3, 0.4) is 0 Å². The molecule has 21 heavy (non-hydrogen) atoms. The van der Waals surface area contributed by atoms with Crippen molar-refractivity contribution >= 4 is 11.9 Å². The molecule has 1 aliphatic heterocycles. The Morgan fingerprint density at radius 1 is 1.33 bits per heavy atom. The molecule has 0 spiro atoms. The lowest BCUT2D eigenvalue weighted by Gasteiger charge is -2.32. The fourth-order valence-electron chi connectivity index (χ4n) is 2.13. The third kappa shape index (κ3) is 3.68. The van der Waals surface area contributed by atoms with Gasteiger partial charge in [0, 0.05) is 13.0 Å². The highest BCUT2D eigenvalue weighted by atomic mass is 16.6. The molecule has 6 nitrogen and oxygen atoms in total. The van der Waals surface area contributed by atoms with E-state index in [2.05, 4.69) is 0 Å². The zero-order valence-corrected chi connectivity index (χ0v) is 11.4. The van der Waals surface area contributed by atoms with Gasteiger partial charge in [-0.1, -0.05) is 30.3 Å². The van der Waals surface area contributed by atoms with E-state index in [0.717, 1.165) is 6.08 Å². The highest BCUT2D eigenvalue weighted by Crippen LogP contribution is 2.27. The van der Waals surface area contributed by atoms with E-state index in [1.165, 1.54) is 13.0 Å². The first-order chi connectivity index (χ1) is 9.99. The largest absolute Gasteiger partial charge is 0.455 e. The van der Waals surface area contributed by atoms with Gasteiger partial charge >= 0.3 is 11.9 Å². The summed E-state index contributed by atoms with van der Waals surface area (Å²) in [6.07, 6.45) is -2.48. The van der Waals surface area contributed by atoms with Gasteiger partial charge in [0.2, 0.25) is 0 Å². The molecule has 0 saturated heterocycles. The first-order valence-corrected chi connectivity index (χ1v) is 6.46. The lowest BCUT2D eigenvalue weighted by atomic mass is 9.96. The van der Waals surface area contributed by atoms with Gasteiger partial charge in [-0.25, -0.2) is 4.79 Å². The normalized spacial score (nSPS) is 24.0. The number of aliphatic hydroxyl groups is 2. The van der Waals surface area contributed by atoms with E-state index in [1.54, 1.807) is 30.3 Å². The maximum absolute atomic E-state index is 11.3. The van der Waals surface area contributed by atoms with E-state index >= 15 is 0 Å². The number of carbonyl (C=O) groups is 2. The molecule has 2 N–H and O–H groups in total. The lowest BCUT2D eigenvalue weighted by molar-refractivity contribution is -0.176. The van der Waals surface area contributed by atoms with Crippen LogP contribution in [0, 0.1) is 0 Å². The topological polar surface area (TPSA) is 93.1 Å². The number of aliphatic hydroxyl groups excluding tert-OH is 2. The summed E-state index contributed by atoms with van der Waals surface area (Å²) in [4.78, 5) is 22.5. The Morgan fingerprint density at radius 3 is 2.62 bits per heavy atom. The highest BCUT2D eigenvalue weighted by Gasteiger charge is 2.38. The maximum atomic E-state index is 11.3. The fourth-order valence-corrected chi connectivity index (χ4v) is 2.13. The monoisotopic (exact) mass is 292 g/mol. The lowest BCUT2D eigenvalue weighted by Crippen LogP contribution is -2.46.